The summed E-state index contributed by atoms with van der Waals surface area (Å²) in [5.41, 5.74) is 6.97. The van der Waals surface area contributed by atoms with Gasteiger partial charge in [-0.2, -0.15) is 0 Å². The van der Waals surface area contributed by atoms with E-state index >= 15 is 0 Å². The van der Waals surface area contributed by atoms with Gasteiger partial charge in [0.1, 0.15) is 5.69 Å². The summed E-state index contributed by atoms with van der Waals surface area (Å²) in [5, 5.41) is 0. The topological polar surface area (TPSA) is 77.6 Å². The number of carbonyl (C=O) groups excluding carboxylic acids is 2. The Morgan fingerprint density at radius 3 is 2.76 bits per heavy atom. The molecule has 0 radical (unpaired) electrons. The molecule has 1 aliphatic rings. The predicted octanol–water partition coefficient (Wildman–Crippen LogP) is 1.68. The monoisotopic (exact) mass is 293 g/mol. The fraction of sp³-hybridized carbons (Fsp3) is 0.600. The van der Waals surface area contributed by atoms with E-state index < -0.39 is 0 Å². The van der Waals surface area contributed by atoms with Crippen molar-refractivity contribution in [3.8, 4) is 0 Å². The average molecular weight is 293 g/mol. The molecule has 21 heavy (non-hydrogen) atoms. The van der Waals surface area contributed by atoms with Gasteiger partial charge in [-0.25, -0.2) is 0 Å². The fourth-order valence-corrected chi connectivity index (χ4v) is 2.78. The summed E-state index contributed by atoms with van der Waals surface area (Å²) in [4.78, 5) is 26.1. The summed E-state index contributed by atoms with van der Waals surface area (Å²) in [5.74, 6) is -0.548. The molecule has 1 atom stereocenters. The van der Waals surface area contributed by atoms with Crippen molar-refractivity contribution < 1.29 is 14.3 Å². The van der Waals surface area contributed by atoms with Crippen LogP contribution in [0.25, 0.3) is 0 Å². The number of hydrogen-bond acceptors (Lipinski definition) is 4. The van der Waals surface area contributed by atoms with E-state index in [1.165, 1.54) is 7.11 Å². The van der Waals surface area contributed by atoms with Gasteiger partial charge in [-0.15, -0.1) is 0 Å². The minimum Gasteiger partial charge on any atom is -0.469 e. The van der Waals surface area contributed by atoms with Crippen molar-refractivity contribution >= 4 is 17.6 Å². The van der Waals surface area contributed by atoms with Crippen LogP contribution in [0.15, 0.2) is 12.3 Å². The number of nitrogens with zero attached hydrogens (tertiary/aromatic N) is 2. The molecule has 1 aromatic heterocycles. The number of anilines is 1. The quantitative estimate of drug-likeness (QED) is 0.860. The third kappa shape index (κ3) is 3.20. The standard InChI is InChI=1S/C15H23N3O3/c1-10(2)18-9-12(16)7-13(18)14(19)17-6-4-5-11(8-17)15(20)21-3/h7,9-11H,4-6,8,16H2,1-3H3. The van der Waals surface area contributed by atoms with Gasteiger partial charge >= 0.3 is 5.97 Å². The maximum absolute atomic E-state index is 12.7. The Bertz CT molecular complexity index is 536. The lowest BCUT2D eigenvalue weighted by Crippen LogP contribution is -2.43. The largest absolute Gasteiger partial charge is 0.469 e. The molecular formula is C15H23N3O3. The summed E-state index contributed by atoms with van der Waals surface area (Å²) < 4.78 is 6.66. The van der Waals surface area contributed by atoms with E-state index in [-0.39, 0.29) is 23.8 Å². The first kappa shape index (κ1) is 15.4. The minimum absolute atomic E-state index is 0.0750. The lowest BCUT2D eigenvalue weighted by molar-refractivity contribution is -0.146. The molecule has 0 aliphatic carbocycles. The molecule has 2 heterocycles. The number of methoxy groups -OCH3 is 1. The summed E-state index contributed by atoms with van der Waals surface area (Å²) in [6, 6.07) is 1.85. The molecule has 2 rings (SSSR count). The van der Waals surface area contributed by atoms with Crippen LogP contribution in [0.3, 0.4) is 0 Å². The minimum atomic E-state index is -0.244. The Kier molecular flexibility index (Phi) is 4.55. The van der Waals surface area contributed by atoms with Gasteiger partial charge in [-0.05, 0) is 32.8 Å². The van der Waals surface area contributed by atoms with Crippen molar-refractivity contribution in [2.75, 3.05) is 25.9 Å². The third-order valence-corrected chi connectivity index (χ3v) is 3.89. The maximum Gasteiger partial charge on any atom is 0.310 e. The number of hydrogen-bond donors (Lipinski definition) is 1. The number of rotatable bonds is 3. The molecule has 0 aromatic carbocycles. The summed E-state index contributed by atoms with van der Waals surface area (Å²) in [7, 11) is 1.38. The fourth-order valence-electron chi connectivity index (χ4n) is 2.78. The number of nitrogen functional groups attached to an aromatic ring is 1. The zero-order valence-electron chi connectivity index (χ0n) is 12.8. The van der Waals surface area contributed by atoms with Crippen molar-refractivity contribution in [2.24, 2.45) is 5.92 Å². The Balaban J connectivity index is 2.18. The van der Waals surface area contributed by atoms with E-state index in [1.807, 2.05) is 18.4 Å². The Labute approximate surface area is 124 Å². The number of carbonyl (C=O) groups is 2. The summed E-state index contributed by atoms with van der Waals surface area (Å²) in [6.07, 6.45) is 3.35. The first-order valence-corrected chi connectivity index (χ1v) is 7.28. The number of piperidine rings is 1. The second kappa shape index (κ2) is 6.20. The van der Waals surface area contributed by atoms with E-state index in [0.29, 0.717) is 24.5 Å². The Hall–Kier alpha value is -1.98. The lowest BCUT2D eigenvalue weighted by Gasteiger charge is -2.31. The highest BCUT2D eigenvalue weighted by Crippen LogP contribution is 2.23. The molecule has 2 N–H and O–H groups in total. The molecule has 1 fully saturated rings. The van der Waals surface area contributed by atoms with Crippen molar-refractivity contribution in [2.45, 2.75) is 32.7 Å². The number of likely N-dealkylation sites (tertiary alicyclic amines) is 1. The lowest BCUT2D eigenvalue weighted by atomic mass is 9.98. The number of aromatic nitrogens is 1. The molecule has 116 valence electrons. The highest BCUT2D eigenvalue weighted by atomic mass is 16.5. The number of ether oxygens (including phenoxy) is 1. The van der Waals surface area contributed by atoms with Gasteiger partial charge < -0.3 is 19.9 Å². The molecule has 6 nitrogen and oxygen atoms in total. The predicted molar refractivity (Wildman–Crippen MR) is 79.9 cm³/mol. The van der Waals surface area contributed by atoms with Crippen molar-refractivity contribution in [3.63, 3.8) is 0 Å². The SMILES string of the molecule is COC(=O)C1CCCN(C(=O)c2cc(N)cn2C(C)C)C1. The second-order valence-electron chi connectivity index (χ2n) is 5.77. The van der Waals surface area contributed by atoms with E-state index in [1.54, 1.807) is 17.2 Å². The number of esters is 1. The molecule has 1 amide bonds. The molecule has 1 saturated heterocycles. The first-order valence-electron chi connectivity index (χ1n) is 7.28. The molecule has 1 aromatic rings. The van der Waals surface area contributed by atoms with Gasteiger partial charge in [0.2, 0.25) is 0 Å². The molecule has 1 unspecified atom stereocenters. The van der Waals surface area contributed by atoms with Gasteiger partial charge in [0, 0.05) is 25.3 Å². The Morgan fingerprint density at radius 2 is 2.14 bits per heavy atom. The van der Waals surface area contributed by atoms with Crippen molar-refractivity contribution in [1.82, 2.24) is 9.47 Å². The van der Waals surface area contributed by atoms with E-state index in [0.717, 1.165) is 12.8 Å². The van der Waals surface area contributed by atoms with E-state index in [4.69, 9.17) is 10.5 Å². The average Bonchev–Trinajstić information content (AvgIpc) is 2.88. The van der Waals surface area contributed by atoms with Crippen LogP contribution in [0, 0.1) is 5.92 Å². The van der Waals surface area contributed by atoms with Crippen LogP contribution in [-0.4, -0.2) is 41.5 Å². The first-order chi connectivity index (χ1) is 9.93. The highest BCUT2D eigenvalue weighted by molar-refractivity contribution is 5.94. The van der Waals surface area contributed by atoms with Gasteiger partial charge in [-0.3, -0.25) is 9.59 Å². The molecule has 0 saturated carbocycles. The van der Waals surface area contributed by atoms with Crippen LogP contribution in [0.2, 0.25) is 0 Å². The van der Waals surface area contributed by atoms with Crippen LogP contribution in [0.4, 0.5) is 5.69 Å². The van der Waals surface area contributed by atoms with E-state index in [9.17, 15) is 9.59 Å². The summed E-state index contributed by atoms with van der Waals surface area (Å²) in [6.45, 7) is 5.08. The maximum atomic E-state index is 12.7. The Morgan fingerprint density at radius 1 is 1.43 bits per heavy atom. The normalized spacial score (nSPS) is 18.9. The highest BCUT2D eigenvalue weighted by Gasteiger charge is 2.30. The van der Waals surface area contributed by atoms with Crippen LogP contribution in [-0.2, 0) is 9.53 Å². The smallest absolute Gasteiger partial charge is 0.310 e. The van der Waals surface area contributed by atoms with Gasteiger partial charge in [0.25, 0.3) is 5.91 Å². The van der Waals surface area contributed by atoms with Gasteiger partial charge in [0.15, 0.2) is 0 Å². The van der Waals surface area contributed by atoms with Crippen molar-refractivity contribution in [1.29, 1.82) is 0 Å². The van der Waals surface area contributed by atoms with Crippen LogP contribution >= 0.6 is 0 Å². The van der Waals surface area contributed by atoms with Crippen LogP contribution in [0.5, 0.6) is 0 Å². The number of nitrogens with two attached hydrogens (primary N) is 1. The molecular weight excluding hydrogens is 270 g/mol. The number of amides is 1. The third-order valence-electron chi connectivity index (χ3n) is 3.89. The second-order valence-corrected chi connectivity index (χ2v) is 5.77. The molecule has 0 spiro atoms. The van der Waals surface area contributed by atoms with Crippen LogP contribution < -0.4 is 5.73 Å². The zero-order valence-corrected chi connectivity index (χ0v) is 12.8. The molecule has 0 bridgehead atoms. The molecule has 6 heteroatoms. The van der Waals surface area contributed by atoms with E-state index in [2.05, 4.69) is 0 Å². The van der Waals surface area contributed by atoms with Crippen LogP contribution in [0.1, 0.15) is 43.2 Å². The summed E-state index contributed by atoms with van der Waals surface area (Å²) >= 11 is 0. The van der Waals surface area contributed by atoms with Gasteiger partial charge in [0.05, 0.1) is 18.7 Å². The van der Waals surface area contributed by atoms with Crippen molar-refractivity contribution in [3.05, 3.63) is 18.0 Å². The van der Waals surface area contributed by atoms with Gasteiger partial charge in [-0.1, -0.05) is 0 Å². The zero-order chi connectivity index (χ0) is 15.6. The molecule has 1 aliphatic heterocycles.